The summed E-state index contributed by atoms with van der Waals surface area (Å²) in [7, 11) is 2.10. The number of nitrogens with one attached hydrogen (secondary N) is 1. The molecular formula is C30H33Cl3N2O4. The second-order valence-corrected chi connectivity index (χ2v) is 12.2. The van der Waals surface area contributed by atoms with Crippen LogP contribution in [0.2, 0.25) is 0 Å². The standard InChI is InChI=1S/C30H33Cl3N2O4/c1-19-26(17-35(3)20(2)22-7-5-4-6-8-22)38-28(39-27(19)23-11-9-21(18-36)10-12-23)24-13-15-25(16-14-24)34-29(37)30(31,32)33/h4-16,19-20,26-28,36H,17-18H2,1-3H3,(H,34,37). The minimum absolute atomic E-state index is 0.0148. The first kappa shape index (κ1) is 29.8. The van der Waals surface area contributed by atoms with Gasteiger partial charge in [-0.05, 0) is 42.8 Å². The molecule has 1 heterocycles. The van der Waals surface area contributed by atoms with Crippen molar-refractivity contribution in [3.63, 3.8) is 0 Å². The van der Waals surface area contributed by atoms with Crippen molar-refractivity contribution in [2.45, 2.75) is 48.8 Å². The molecule has 1 saturated heterocycles. The minimum Gasteiger partial charge on any atom is -0.392 e. The number of hydrogen-bond acceptors (Lipinski definition) is 5. The number of rotatable bonds is 8. The molecule has 208 valence electrons. The van der Waals surface area contributed by atoms with Crippen molar-refractivity contribution in [3.8, 4) is 0 Å². The summed E-state index contributed by atoms with van der Waals surface area (Å²) in [6, 6.07) is 25.5. The molecule has 5 unspecified atom stereocenters. The Morgan fingerprint density at radius 1 is 0.974 bits per heavy atom. The van der Waals surface area contributed by atoms with Gasteiger partial charge in [0.15, 0.2) is 6.29 Å². The van der Waals surface area contributed by atoms with Crippen LogP contribution >= 0.6 is 34.8 Å². The number of hydrogen-bond donors (Lipinski definition) is 2. The van der Waals surface area contributed by atoms with Crippen LogP contribution in [0, 0.1) is 5.92 Å². The molecule has 3 aromatic carbocycles. The highest BCUT2D eigenvalue weighted by Crippen LogP contribution is 2.42. The molecule has 1 aliphatic heterocycles. The summed E-state index contributed by atoms with van der Waals surface area (Å²) in [5.41, 5.74) is 4.39. The Labute approximate surface area is 244 Å². The van der Waals surface area contributed by atoms with Gasteiger partial charge in [0.1, 0.15) is 0 Å². The summed E-state index contributed by atoms with van der Waals surface area (Å²) < 4.78 is 11.0. The fraction of sp³-hybridized carbons (Fsp3) is 0.367. The lowest BCUT2D eigenvalue weighted by atomic mass is 9.89. The van der Waals surface area contributed by atoms with E-state index in [4.69, 9.17) is 44.3 Å². The second kappa shape index (κ2) is 13.0. The SMILES string of the molecule is CC1C(CN(C)C(C)c2ccccc2)OC(c2ccc(NC(=O)C(Cl)(Cl)Cl)cc2)OC1c1ccc(CO)cc1. The smallest absolute Gasteiger partial charge is 0.276 e. The number of alkyl halides is 3. The van der Waals surface area contributed by atoms with Crippen LogP contribution in [0.5, 0.6) is 0 Å². The van der Waals surface area contributed by atoms with E-state index in [1.54, 1.807) is 12.1 Å². The number of ether oxygens (including phenoxy) is 2. The van der Waals surface area contributed by atoms with Gasteiger partial charge in [-0.15, -0.1) is 0 Å². The van der Waals surface area contributed by atoms with Gasteiger partial charge in [0.05, 0.1) is 18.8 Å². The molecule has 9 heteroatoms. The van der Waals surface area contributed by atoms with E-state index in [-0.39, 0.29) is 30.8 Å². The fourth-order valence-electron chi connectivity index (χ4n) is 4.68. The molecule has 0 radical (unpaired) electrons. The largest absolute Gasteiger partial charge is 0.392 e. The van der Waals surface area contributed by atoms with Crippen LogP contribution in [0.25, 0.3) is 0 Å². The zero-order valence-electron chi connectivity index (χ0n) is 22.1. The Balaban J connectivity index is 1.57. The number of benzene rings is 3. The van der Waals surface area contributed by atoms with Crippen molar-refractivity contribution >= 4 is 46.4 Å². The van der Waals surface area contributed by atoms with Crippen LogP contribution in [-0.2, 0) is 20.9 Å². The van der Waals surface area contributed by atoms with Gasteiger partial charge < -0.3 is 19.9 Å². The molecule has 0 spiro atoms. The van der Waals surface area contributed by atoms with E-state index in [0.29, 0.717) is 12.2 Å². The van der Waals surface area contributed by atoms with Crippen LogP contribution < -0.4 is 5.32 Å². The lowest BCUT2D eigenvalue weighted by Gasteiger charge is -2.43. The van der Waals surface area contributed by atoms with E-state index in [1.807, 2.05) is 42.5 Å². The molecule has 1 fully saturated rings. The highest BCUT2D eigenvalue weighted by molar-refractivity contribution is 6.76. The predicted molar refractivity (Wildman–Crippen MR) is 156 cm³/mol. The van der Waals surface area contributed by atoms with Crippen molar-refractivity contribution < 1.29 is 19.4 Å². The maximum atomic E-state index is 12.0. The van der Waals surface area contributed by atoms with Gasteiger partial charge in [-0.2, -0.15) is 0 Å². The molecule has 0 aliphatic carbocycles. The van der Waals surface area contributed by atoms with E-state index in [1.165, 1.54) is 5.56 Å². The summed E-state index contributed by atoms with van der Waals surface area (Å²) in [4.78, 5) is 14.3. The number of carbonyl (C=O) groups excluding carboxylic acids is 1. The molecule has 3 aromatic rings. The molecule has 0 bridgehead atoms. The minimum atomic E-state index is -2.06. The fourth-order valence-corrected chi connectivity index (χ4v) is 4.82. The topological polar surface area (TPSA) is 71.0 Å². The van der Waals surface area contributed by atoms with Gasteiger partial charge >= 0.3 is 0 Å². The lowest BCUT2D eigenvalue weighted by molar-refractivity contribution is -0.276. The van der Waals surface area contributed by atoms with E-state index < -0.39 is 16.0 Å². The number of nitrogens with zero attached hydrogens (tertiary/aromatic N) is 1. The summed E-state index contributed by atoms with van der Waals surface area (Å²) in [6.07, 6.45) is -0.996. The highest BCUT2D eigenvalue weighted by atomic mass is 35.6. The molecule has 2 N–H and O–H groups in total. The Hall–Kier alpha value is -2.16. The Kier molecular flexibility index (Phi) is 9.94. The summed E-state index contributed by atoms with van der Waals surface area (Å²) in [6.45, 7) is 5.01. The number of halogens is 3. The van der Waals surface area contributed by atoms with Crippen LogP contribution in [0.3, 0.4) is 0 Å². The van der Waals surface area contributed by atoms with Gasteiger partial charge in [0, 0.05) is 29.8 Å². The first-order valence-corrected chi connectivity index (χ1v) is 13.9. The van der Waals surface area contributed by atoms with Gasteiger partial charge in [-0.1, -0.05) is 108 Å². The first-order valence-electron chi connectivity index (χ1n) is 12.8. The zero-order valence-corrected chi connectivity index (χ0v) is 24.3. The number of anilines is 1. The number of aliphatic hydroxyl groups is 1. The molecule has 4 rings (SSSR count). The third kappa shape index (κ3) is 7.53. The maximum Gasteiger partial charge on any atom is 0.276 e. The molecule has 6 nitrogen and oxygen atoms in total. The van der Waals surface area contributed by atoms with E-state index in [2.05, 4.69) is 55.4 Å². The number of carbonyl (C=O) groups is 1. The summed E-state index contributed by atoms with van der Waals surface area (Å²) in [5.74, 6) is -0.684. The van der Waals surface area contributed by atoms with Crippen molar-refractivity contribution in [1.82, 2.24) is 4.90 Å². The van der Waals surface area contributed by atoms with Crippen molar-refractivity contribution in [1.29, 1.82) is 0 Å². The predicted octanol–water partition coefficient (Wildman–Crippen LogP) is 6.97. The van der Waals surface area contributed by atoms with E-state index in [9.17, 15) is 9.90 Å². The average molecular weight is 592 g/mol. The van der Waals surface area contributed by atoms with Gasteiger partial charge in [0.2, 0.25) is 0 Å². The molecule has 5 atom stereocenters. The molecule has 0 saturated carbocycles. The summed E-state index contributed by atoms with van der Waals surface area (Å²) in [5, 5.41) is 12.1. The first-order chi connectivity index (χ1) is 18.6. The van der Waals surface area contributed by atoms with Crippen molar-refractivity contribution in [3.05, 3.63) is 101 Å². The van der Waals surface area contributed by atoms with Crippen molar-refractivity contribution in [2.75, 3.05) is 18.9 Å². The highest BCUT2D eigenvalue weighted by Gasteiger charge is 2.39. The van der Waals surface area contributed by atoms with Crippen LogP contribution in [0.15, 0.2) is 78.9 Å². The number of likely N-dealkylation sites (N-methyl/N-ethyl adjacent to an activating group) is 1. The number of aliphatic hydroxyl groups excluding tert-OH is 1. The third-order valence-electron chi connectivity index (χ3n) is 7.23. The molecule has 1 aliphatic rings. The summed E-state index contributed by atoms with van der Waals surface area (Å²) >= 11 is 17.0. The Morgan fingerprint density at radius 3 is 2.18 bits per heavy atom. The van der Waals surface area contributed by atoms with Crippen LogP contribution in [0.4, 0.5) is 5.69 Å². The van der Waals surface area contributed by atoms with Gasteiger partial charge in [-0.25, -0.2) is 0 Å². The quantitative estimate of drug-likeness (QED) is 0.277. The monoisotopic (exact) mass is 590 g/mol. The van der Waals surface area contributed by atoms with Crippen LogP contribution in [0.1, 0.15) is 54.5 Å². The molecule has 0 aromatic heterocycles. The van der Waals surface area contributed by atoms with Gasteiger partial charge in [-0.3, -0.25) is 9.69 Å². The van der Waals surface area contributed by atoms with Gasteiger partial charge in [0.25, 0.3) is 9.70 Å². The second-order valence-electron chi connectivity index (χ2n) is 9.92. The van der Waals surface area contributed by atoms with E-state index in [0.717, 1.165) is 16.7 Å². The zero-order chi connectivity index (χ0) is 28.2. The Morgan fingerprint density at radius 2 is 1.59 bits per heavy atom. The average Bonchev–Trinajstić information content (AvgIpc) is 2.94. The normalized spacial score (nSPS) is 22.5. The molecular weight excluding hydrogens is 559 g/mol. The lowest BCUT2D eigenvalue weighted by Crippen LogP contribution is -2.44. The molecule has 39 heavy (non-hydrogen) atoms. The molecule has 1 amide bonds. The van der Waals surface area contributed by atoms with Crippen LogP contribution in [-0.4, -0.2) is 39.4 Å². The van der Waals surface area contributed by atoms with E-state index >= 15 is 0 Å². The third-order valence-corrected chi connectivity index (χ3v) is 7.75. The number of amides is 1. The Bertz CT molecular complexity index is 1220. The maximum absolute atomic E-state index is 12.0. The van der Waals surface area contributed by atoms with Crippen molar-refractivity contribution in [2.24, 2.45) is 5.92 Å².